The van der Waals surface area contributed by atoms with Gasteiger partial charge in [0.05, 0.1) is 13.2 Å². The number of rotatable bonds is 15. The summed E-state index contributed by atoms with van der Waals surface area (Å²) >= 11 is 0. The molecule has 1 aliphatic rings. The van der Waals surface area contributed by atoms with Crippen LogP contribution < -0.4 is 9.47 Å². The quantitative estimate of drug-likeness (QED) is 0.128. The first kappa shape index (κ1) is 32.6. The molecular weight excluding hydrogens is 559 g/mol. The Hall–Kier alpha value is -3.35. The molecule has 1 unspecified atom stereocenters. The number of halogens is 5. The van der Waals surface area contributed by atoms with E-state index in [9.17, 15) is 17.6 Å². The second-order valence-electron chi connectivity index (χ2n) is 11.2. The molecule has 3 aromatic rings. The smallest absolute Gasteiger partial charge is 0.200 e. The van der Waals surface area contributed by atoms with Gasteiger partial charge in [-0.15, -0.1) is 0 Å². The standard InChI is InChI=1S/C36H41F5O2/c1-3-5-7-8-22-43-31-19-17-27(33(38)35(31)40)15-13-26-14-16-28(23-30(26)37)24-9-11-25(12-10-24)29-18-20-32(36(41)34(29)39)42-21-6-4-2/h9,14,16-20,23,25H,3-8,10-13,15,21-22H2,1-2H3. The van der Waals surface area contributed by atoms with Crippen molar-refractivity contribution >= 4 is 5.57 Å². The van der Waals surface area contributed by atoms with Crippen molar-refractivity contribution in [2.45, 2.75) is 90.4 Å². The van der Waals surface area contributed by atoms with Crippen LogP contribution in [0.15, 0.2) is 48.5 Å². The van der Waals surface area contributed by atoms with E-state index in [1.54, 1.807) is 12.1 Å². The Labute approximate surface area is 251 Å². The van der Waals surface area contributed by atoms with E-state index in [4.69, 9.17) is 9.47 Å². The Bertz CT molecular complexity index is 1400. The van der Waals surface area contributed by atoms with E-state index in [1.807, 2.05) is 19.1 Å². The maximum Gasteiger partial charge on any atom is 0.200 e. The van der Waals surface area contributed by atoms with Crippen molar-refractivity contribution in [3.05, 3.63) is 99.9 Å². The number of hydrogen-bond donors (Lipinski definition) is 0. The molecular formula is C36H41F5O2. The van der Waals surface area contributed by atoms with Crippen molar-refractivity contribution < 1.29 is 31.4 Å². The molecule has 0 amide bonds. The molecule has 0 aromatic heterocycles. The maximum atomic E-state index is 15.0. The van der Waals surface area contributed by atoms with Crippen LogP contribution >= 0.6 is 0 Å². The van der Waals surface area contributed by atoms with Gasteiger partial charge in [0.2, 0.25) is 11.6 Å². The van der Waals surface area contributed by atoms with Crippen LogP contribution in [-0.4, -0.2) is 13.2 Å². The Morgan fingerprint density at radius 3 is 2.00 bits per heavy atom. The van der Waals surface area contributed by atoms with Crippen LogP contribution in [0, 0.1) is 29.1 Å². The largest absolute Gasteiger partial charge is 0.490 e. The minimum absolute atomic E-state index is 0.0654. The van der Waals surface area contributed by atoms with Crippen molar-refractivity contribution in [1.82, 2.24) is 0 Å². The predicted octanol–water partition coefficient (Wildman–Crippen LogP) is 10.7. The second-order valence-corrected chi connectivity index (χ2v) is 11.2. The van der Waals surface area contributed by atoms with Gasteiger partial charge in [-0.1, -0.05) is 69.9 Å². The van der Waals surface area contributed by atoms with Crippen molar-refractivity contribution in [2.24, 2.45) is 0 Å². The molecule has 7 heteroatoms. The zero-order valence-electron chi connectivity index (χ0n) is 25.1. The van der Waals surface area contributed by atoms with Crippen molar-refractivity contribution in [1.29, 1.82) is 0 Å². The number of aryl methyl sites for hydroxylation is 2. The average molecular weight is 601 g/mol. The second kappa shape index (κ2) is 15.9. The van der Waals surface area contributed by atoms with Crippen molar-refractivity contribution in [2.75, 3.05) is 13.2 Å². The van der Waals surface area contributed by atoms with Crippen LogP contribution in [0.1, 0.15) is 99.8 Å². The van der Waals surface area contributed by atoms with Gasteiger partial charge in [0.15, 0.2) is 23.1 Å². The van der Waals surface area contributed by atoms with Crippen LogP contribution in [0.4, 0.5) is 22.0 Å². The lowest BCUT2D eigenvalue weighted by atomic mass is 9.82. The lowest BCUT2D eigenvalue weighted by Gasteiger charge is -2.24. The fourth-order valence-electron chi connectivity index (χ4n) is 5.49. The number of unbranched alkanes of at least 4 members (excludes halogenated alkanes) is 4. The molecule has 0 heterocycles. The molecule has 0 fully saturated rings. The summed E-state index contributed by atoms with van der Waals surface area (Å²) in [6, 6.07) is 11.0. The molecule has 4 rings (SSSR count). The van der Waals surface area contributed by atoms with Gasteiger partial charge in [-0.2, -0.15) is 8.78 Å². The Morgan fingerprint density at radius 1 is 0.674 bits per heavy atom. The fourth-order valence-corrected chi connectivity index (χ4v) is 5.49. The van der Waals surface area contributed by atoms with Crippen LogP contribution in [-0.2, 0) is 12.8 Å². The average Bonchev–Trinajstić information content (AvgIpc) is 3.01. The predicted molar refractivity (Wildman–Crippen MR) is 161 cm³/mol. The molecule has 0 saturated carbocycles. The molecule has 0 aliphatic heterocycles. The van der Waals surface area contributed by atoms with Gasteiger partial charge in [0.25, 0.3) is 0 Å². The van der Waals surface area contributed by atoms with E-state index in [0.717, 1.165) is 49.7 Å². The van der Waals surface area contributed by atoms with Gasteiger partial charge in [-0.05, 0) is 96.9 Å². The van der Waals surface area contributed by atoms with Gasteiger partial charge in [0, 0.05) is 0 Å². The number of benzene rings is 3. The summed E-state index contributed by atoms with van der Waals surface area (Å²) in [4.78, 5) is 0. The maximum absolute atomic E-state index is 15.0. The molecule has 0 bridgehead atoms. The van der Waals surface area contributed by atoms with E-state index in [2.05, 4.69) is 6.92 Å². The highest BCUT2D eigenvalue weighted by Gasteiger charge is 2.24. The Morgan fingerprint density at radius 2 is 1.33 bits per heavy atom. The van der Waals surface area contributed by atoms with Gasteiger partial charge >= 0.3 is 0 Å². The van der Waals surface area contributed by atoms with Gasteiger partial charge in [0.1, 0.15) is 5.82 Å². The molecule has 43 heavy (non-hydrogen) atoms. The molecule has 0 radical (unpaired) electrons. The zero-order valence-corrected chi connectivity index (χ0v) is 25.1. The van der Waals surface area contributed by atoms with E-state index < -0.39 is 29.1 Å². The molecule has 232 valence electrons. The summed E-state index contributed by atoms with van der Waals surface area (Å²) in [6.07, 6.45) is 9.59. The lowest BCUT2D eigenvalue weighted by molar-refractivity contribution is 0.284. The van der Waals surface area contributed by atoms with Crippen LogP contribution in [0.3, 0.4) is 0 Å². The Kier molecular flexibility index (Phi) is 12.1. The number of hydrogen-bond acceptors (Lipinski definition) is 2. The van der Waals surface area contributed by atoms with Gasteiger partial charge < -0.3 is 9.47 Å². The van der Waals surface area contributed by atoms with E-state index in [0.29, 0.717) is 43.6 Å². The van der Waals surface area contributed by atoms with E-state index in [1.165, 1.54) is 24.3 Å². The summed E-state index contributed by atoms with van der Waals surface area (Å²) < 4.78 is 84.5. The van der Waals surface area contributed by atoms with E-state index >= 15 is 4.39 Å². The number of ether oxygens (including phenoxy) is 2. The van der Waals surface area contributed by atoms with E-state index in [-0.39, 0.29) is 35.8 Å². The van der Waals surface area contributed by atoms with Gasteiger partial charge in [-0.25, -0.2) is 13.2 Å². The topological polar surface area (TPSA) is 18.5 Å². The SMILES string of the molecule is CCCCCCOc1ccc(CCc2ccc(C3=CCC(c4ccc(OCCCC)c(F)c4F)CC3)cc2F)c(F)c1F. The molecule has 3 aromatic carbocycles. The summed E-state index contributed by atoms with van der Waals surface area (Å²) in [6.45, 7) is 4.77. The van der Waals surface area contributed by atoms with Crippen LogP contribution in [0.25, 0.3) is 5.57 Å². The van der Waals surface area contributed by atoms with Gasteiger partial charge in [-0.3, -0.25) is 0 Å². The summed E-state index contributed by atoms with van der Waals surface area (Å²) in [5.74, 6) is -4.55. The monoisotopic (exact) mass is 600 g/mol. The first-order valence-corrected chi connectivity index (χ1v) is 15.5. The van der Waals surface area contributed by atoms with Crippen molar-refractivity contribution in [3.8, 4) is 11.5 Å². The molecule has 0 spiro atoms. The van der Waals surface area contributed by atoms with Crippen LogP contribution in [0.2, 0.25) is 0 Å². The fraction of sp³-hybridized carbons (Fsp3) is 0.444. The highest BCUT2D eigenvalue weighted by Crippen LogP contribution is 2.39. The number of allylic oxidation sites excluding steroid dienone is 2. The van der Waals surface area contributed by atoms with Crippen molar-refractivity contribution in [3.63, 3.8) is 0 Å². The minimum Gasteiger partial charge on any atom is -0.490 e. The molecule has 1 atom stereocenters. The molecule has 0 saturated heterocycles. The highest BCUT2D eigenvalue weighted by molar-refractivity contribution is 5.67. The summed E-state index contributed by atoms with van der Waals surface area (Å²) in [5.41, 5.74) is 2.58. The third-order valence-corrected chi connectivity index (χ3v) is 8.15. The third-order valence-electron chi connectivity index (χ3n) is 8.15. The summed E-state index contributed by atoms with van der Waals surface area (Å²) in [7, 11) is 0. The van der Waals surface area contributed by atoms with Crippen LogP contribution in [0.5, 0.6) is 11.5 Å². The summed E-state index contributed by atoms with van der Waals surface area (Å²) in [5, 5.41) is 0. The first-order valence-electron chi connectivity index (χ1n) is 15.5. The third kappa shape index (κ3) is 8.39. The highest BCUT2D eigenvalue weighted by atomic mass is 19.2. The minimum atomic E-state index is -1.01. The first-order chi connectivity index (χ1) is 20.8. The molecule has 1 aliphatic carbocycles. The normalized spacial score (nSPS) is 15.0. The molecule has 0 N–H and O–H groups in total. The lowest BCUT2D eigenvalue weighted by Crippen LogP contribution is -2.09. The zero-order chi connectivity index (χ0) is 30.8. The molecule has 2 nitrogen and oxygen atoms in total. The Balaban J connectivity index is 1.35.